The standard InChI is InChI=1S/C24H22FN5/c25-20-8-6-17(7-9-20)21-16-29-24(30-23(21)19-10-13-27-14-11-19)28-15-12-22(26)18-4-2-1-3-5-18/h1-11,13-14,16,22H,12,15,26H2,(H,28,29,30). The monoisotopic (exact) mass is 399 g/mol. The Morgan fingerprint density at radius 3 is 2.37 bits per heavy atom. The summed E-state index contributed by atoms with van der Waals surface area (Å²) in [5.74, 6) is 0.242. The summed E-state index contributed by atoms with van der Waals surface area (Å²) in [5, 5.41) is 3.27. The van der Waals surface area contributed by atoms with Gasteiger partial charge in [-0.25, -0.2) is 14.4 Å². The van der Waals surface area contributed by atoms with Crippen molar-refractivity contribution in [2.24, 2.45) is 5.73 Å². The molecule has 0 spiro atoms. The van der Waals surface area contributed by atoms with E-state index in [-0.39, 0.29) is 11.9 Å². The van der Waals surface area contributed by atoms with Crippen LogP contribution in [-0.2, 0) is 0 Å². The van der Waals surface area contributed by atoms with Gasteiger partial charge in [-0.1, -0.05) is 42.5 Å². The quantitative estimate of drug-likeness (QED) is 0.465. The Labute approximate surface area is 174 Å². The molecule has 1 atom stereocenters. The molecule has 0 bridgehead atoms. The third-order valence-corrected chi connectivity index (χ3v) is 4.86. The Morgan fingerprint density at radius 1 is 0.900 bits per heavy atom. The van der Waals surface area contributed by atoms with Gasteiger partial charge in [0.15, 0.2) is 0 Å². The highest BCUT2D eigenvalue weighted by Gasteiger charge is 2.12. The number of aromatic nitrogens is 3. The largest absolute Gasteiger partial charge is 0.354 e. The van der Waals surface area contributed by atoms with Crippen LogP contribution < -0.4 is 11.1 Å². The molecule has 150 valence electrons. The molecule has 0 aliphatic heterocycles. The third-order valence-electron chi connectivity index (χ3n) is 4.86. The van der Waals surface area contributed by atoms with Gasteiger partial charge in [0.2, 0.25) is 5.95 Å². The SMILES string of the molecule is NC(CCNc1ncc(-c2ccc(F)cc2)c(-c2ccncc2)n1)c1ccccc1. The van der Waals surface area contributed by atoms with E-state index in [0.717, 1.165) is 34.4 Å². The fourth-order valence-electron chi connectivity index (χ4n) is 3.24. The predicted molar refractivity (Wildman–Crippen MR) is 117 cm³/mol. The highest BCUT2D eigenvalue weighted by atomic mass is 19.1. The molecule has 3 N–H and O–H groups in total. The summed E-state index contributed by atoms with van der Waals surface area (Å²) in [6.07, 6.45) is 5.95. The van der Waals surface area contributed by atoms with Crippen molar-refractivity contribution in [1.29, 1.82) is 0 Å². The normalized spacial score (nSPS) is 11.8. The van der Waals surface area contributed by atoms with Crippen LogP contribution in [0.25, 0.3) is 22.4 Å². The molecule has 0 saturated carbocycles. The Balaban J connectivity index is 1.55. The van der Waals surface area contributed by atoms with Crippen LogP contribution in [-0.4, -0.2) is 21.5 Å². The van der Waals surface area contributed by atoms with E-state index >= 15 is 0 Å². The van der Waals surface area contributed by atoms with Crippen LogP contribution in [0.5, 0.6) is 0 Å². The van der Waals surface area contributed by atoms with E-state index in [2.05, 4.69) is 15.3 Å². The van der Waals surface area contributed by atoms with Crippen LogP contribution in [0.4, 0.5) is 10.3 Å². The van der Waals surface area contributed by atoms with E-state index in [1.54, 1.807) is 30.7 Å². The van der Waals surface area contributed by atoms with Crippen molar-refractivity contribution in [3.8, 4) is 22.4 Å². The number of benzene rings is 2. The van der Waals surface area contributed by atoms with Gasteiger partial charge in [0.05, 0.1) is 5.69 Å². The summed E-state index contributed by atoms with van der Waals surface area (Å²) < 4.78 is 13.4. The maximum absolute atomic E-state index is 13.4. The number of pyridine rings is 1. The molecular formula is C24H22FN5. The molecule has 2 heterocycles. The van der Waals surface area contributed by atoms with Crippen LogP contribution in [0.1, 0.15) is 18.0 Å². The molecule has 1 unspecified atom stereocenters. The Kier molecular flexibility index (Phi) is 6.06. The summed E-state index contributed by atoms with van der Waals surface area (Å²) in [7, 11) is 0. The minimum absolute atomic E-state index is 0.0585. The molecular weight excluding hydrogens is 377 g/mol. The van der Waals surface area contributed by atoms with Crippen LogP contribution in [0.3, 0.4) is 0 Å². The molecule has 6 heteroatoms. The highest BCUT2D eigenvalue weighted by molar-refractivity contribution is 5.80. The van der Waals surface area contributed by atoms with Gasteiger partial charge in [-0.2, -0.15) is 0 Å². The zero-order chi connectivity index (χ0) is 20.8. The molecule has 0 saturated heterocycles. The lowest BCUT2D eigenvalue weighted by molar-refractivity contribution is 0.628. The molecule has 0 fully saturated rings. The predicted octanol–water partition coefficient (Wildman–Crippen LogP) is 4.85. The summed E-state index contributed by atoms with van der Waals surface area (Å²) in [5.41, 5.74) is 10.7. The topological polar surface area (TPSA) is 76.7 Å². The maximum Gasteiger partial charge on any atom is 0.223 e. The number of hydrogen-bond donors (Lipinski definition) is 2. The van der Waals surface area contributed by atoms with Gasteiger partial charge in [-0.15, -0.1) is 0 Å². The first-order chi connectivity index (χ1) is 14.7. The van der Waals surface area contributed by atoms with Crippen LogP contribution >= 0.6 is 0 Å². The van der Waals surface area contributed by atoms with Gasteiger partial charge >= 0.3 is 0 Å². The molecule has 4 aromatic rings. The lowest BCUT2D eigenvalue weighted by atomic mass is 10.0. The van der Waals surface area contributed by atoms with Gasteiger partial charge in [-0.05, 0) is 41.8 Å². The highest BCUT2D eigenvalue weighted by Crippen LogP contribution is 2.30. The lowest BCUT2D eigenvalue weighted by Gasteiger charge is -2.14. The van der Waals surface area contributed by atoms with Crippen molar-refractivity contribution in [3.63, 3.8) is 0 Å². The van der Waals surface area contributed by atoms with E-state index in [9.17, 15) is 4.39 Å². The van der Waals surface area contributed by atoms with Crippen molar-refractivity contribution >= 4 is 5.95 Å². The number of nitrogens with two attached hydrogens (primary N) is 1. The average molecular weight is 399 g/mol. The minimum Gasteiger partial charge on any atom is -0.354 e. The van der Waals surface area contributed by atoms with Gasteiger partial charge in [0.1, 0.15) is 5.82 Å². The third kappa shape index (κ3) is 4.67. The molecule has 2 aromatic carbocycles. The molecule has 0 radical (unpaired) electrons. The molecule has 2 aromatic heterocycles. The lowest BCUT2D eigenvalue weighted by Crippen LogP contribution is -2.16. The van der Waals surface area contributed by atoms with Gasteiger partial charge in [0, 0.05) is 42.3 Å². The van der Waals surface area contributed by atoms with Crippen molar-refractivity contribution in [2.75, 3.05) is 11.9 Å². The average Bonchev–Trinajstić information content (AvgIpc) is 2.81. The number of halogens is 1. The van der Waals surface area contributed by atoms with Crippen LogP contribution in [0, 0.1) is 5.82 Å². The first kappa shape index (κ1) is 19.7. The Hall–Kier alpha value is -3.64. The zero-order valence-electron chi connectivity index (χ0n) is 16.4. The molecule has 0 aliphatic carbocycles. The van der Waals surface area contributed by atoms with Crippen molar-refractivity contribution in [3.05, 3.63) is 96.7 Å². The van der Waals surface area contributed by atoms with Crippen molar-refractivity contribution in [1.82, 2.24) is 15.0 Å². The zero-order valence-corrected chi connectivity index (χ0v) is 16.4. The van der Waals surface area contributed by atoms with Gasteiger partial charge in [0.25, 0.3) is 0 Å². The minimum atomic E-state index is -0.279. The second kappa shape index (κ2) is 9.24. The summed E-state index contributed by atoms with van der Waals surface area (Å²) in [4.78, 5) is 13.3. The van der Waals surface area contributed by atoms with Crippen molar-refractivity contribution in [2.45, 2.75) is 12.5 Å². The second-order valence-electron chi connectivity index (χ2n) is 6.93. The number of nitrogens with one attached hydrogen (secondary N) is 1. The van der Waals surface area contributed by atoms with E-state index < -0.39 is 0 Å². The number of anilines is 1. The van der Waals surface area contributed by atoms with Crippen LogP contribution in [0.2, 0.25) is 0 Å². The van der Waals surface area contributed by atoms with E-state index in [4.69, 9.17) is 10.7 Å². The molecule has 0 amide bonds. The molecule has 0 aliphatic rings. The fourth-order valence-corrected chi connectivity index (χ4v) is 3.24. The molecule has 4 rings (SSSR count). The summed E-state index contributed by atoms with van der Waals surface area (Å²) >= 11 is 0. The number of nitrogens with zero attached hydrogens (tertiary/aromatic N) is 3. The smallest absolute Gasteiger partial charge is 0.223 e. The van der Waals surface area contributed by atoms with E-state index in [1.165, 1.54) is 12.1 Å². The van der Waals surface area contributed by atoms with Crippen LogP contribution in [0.15, 0.2) is 85.3 Å². The van der Waals surface area contributed by atoms with E-state index in [0.29, 0.717) is 12.5 Å². The maximum atomic E-state index is 13.4. The first-order valence-corrected chi connectivity index (χ1v) is 9.78. The Morgan fingerprint density at radius 2 is 1.63 bits per heavy atom. The number of hydrogen-bond acceptors (Lipinski definition) is 5. The molecule has 5 nitrogen and oxygen atoms in total. The van der Waals surface area contributed by atoms with Gasteiger partial charge in [-0.3, -0.25) is 4.98 Å². The second-order valence-corrected chi connectivity index (χ2v) is 6.93. The first-order valence-electron chi connectivity index (χ1n) is 9.78. The fraction of sp³-hybridized carbons (Fsp3) is 0.125. The summed E-state index contributed by atoms with van der Waals surface area (Å²) in [6, 6.07) is 20.1. The molecule has 30 heavy (non-hydrogen) atoms. The Bertz CT molecular complexity index is 1090. The van der Waals surface area contributed by atoms with Crippen molar-refractivity contribution < 1.29 is 4.39 Å². The van der Waals surface area contributed by atoms with E-state index in [1.807, 2.05) is 42.5 Å². The number of rotatable bonds is 7. The summed E-state index contributed by atoms with van der Waals surface area (Å²) in [6.45, 7) is 0.641. The van der Waals surface area contributed by atoms with Gasteiger partial charge < -0.3 is 11.1 Å².